The van der Waals surface area contributed by atoms with E-state index in [9.17, 15) is 13.2 Å². The van der Waals surface area contributed by atoms with Crippen molar-refractivity contribution in [2.45, 2.75) is 25.8 Å². The van der Waals surface area contributed by atoms with Gasteiger partial charge in [0.25, 0.3) is 0 Å². The molecule has 0 aliphatic heterocycles. The van der Waals surface area contributed by atoms with Crippen molar-refractivity contribution >= 4 is 27.6 Å². The number of carbonyl (C=O) groups excluding carboxylic acids is 1. The molecule has 1 unspecified atom stereocenters. The van der Waals surface area contributed by atoms with E-state index in [4.69, 9.17) is 15.8 Å². The van der Waals surface area contributed by atoms with Crippen LogP contribution in [-0.4, -0.2) is 32.0 Å². The monoisotopic (exact) mass is 409 g/mol. The molecule has 0 heterocycles. The number of carbonyl (C=O) groups is 1. The van der Waals surface area contributed by atoms with E-state index in [1.54, 1.807) is 29.2 Å². The summed E-state index contributed by atoms with van der Waals surface area (Å²) in [5.74, 6) is 0.358. The third-order valence-electron chi connectivity index (χ3n) is 3.75. The fourth-order valence-electron chi connectivity index (χ4n) is 2.64. The molecule has 0 bridgehead atoms. The van der Waals surface area contributed by atoms with Crippen LogP contribution in [-0.2, 0) is 21.5 Å². The molecule has 0 saturated carbocycles. The van der Waals surface area contributed by atoms with Gasteiger partial charge in [-0.1, -0.05) is 56.3 Å². The van der Waals surface area contributed by atoms with Crippen LogP contribution in [0.4, 0.5) is 0 Å². The highest BCUT2D eigenvalue weighted by atomic mass is 35.5. The number of benzene rings is 2. The van der Waals surface area contributed by atoms with Crippen LogP contribution < -0.4 is 4.18 Å². The van der Waals surface area contributed by atoms with Crippen molar-refractivity contribution in [1.82, 2.24) is 4.90 Å². The first-order chi connectivity index (χ1) is 12.7. The molecule has 27 heavy (non-hydrogen) atoms. The summed E-state index contributed by atoms with van der Waals surface area (Å²) in [5.41, 5.74) is 1.62. The molecule has 0 radical (unpaired) electrons. The van der Waals surface area contributed by atoms with Crippen LogP contribution in [0.1, 0.15) is 30.4 Å². The summed E-state index contributed by atoms with van der Waals surface area (Å²) in [4.78, 5) is 14.7. The first-order valence-corrected chi connectivity index (χ1v) is 10.9. The van der Waals surface area contributed by atoms with E-state index in [1.165, 1.54) is 0 Å². The minimum Gasteiger partial charge on any atom is -0.383 e. The lowest BCUT2D eigenvalue weighted by molar-refractivity contribution is -0.132. The van der Waals surface area contributed by atoms with Gasteiger partial charge in [-0.05, 0) is 29.2 Å². The van der Waals surface area contributed by atoms with Crippen LogP contribution >= 0.6 is 11.6 Å². The number of hydrogen-bond donors (Lipinski definition) is 0. The Morgan fingerprint density at radius 2 is 1.67 bits per heavy atom. The summed E-state index contributed by atoms with van der Waals surface area (Å²) in [6, 6.07) is 15.9. The minimum atomic E-state index is -3.57. The second-order valence-corrected chi connectivity index (χ2v) is 8.83. The number of hydrogen-bond acceptors (Lipinski definition) is 4. The van der Waals surface area contributed by atoms with Gasteiger partial charge in [0.2, 0.25) is 5.91 Å². The van der Waals surface area contributed by atoms with Crippen LogP contribution in [0.25, 0.3) is 0 Å². The van der Waals surface area contributed by atoms with Gasteiger partial charge in [0.05, 0.1) is 6.26 Å². The Morgan fingerprint density at radius 1 is 1.07 bits per heavy atom. The van der Waals surface area contributed by atoms with E-state index in [0.29, 0.717) is 13.1 Å². The van der Waals surface area contributed by atoms with Crippen molar-refractivity contribution < 1.29 is 17.4 Å². The van der Waals surface area contributed by atoms with Crippen LogP contribution in [0.15, 0.2) is 54.6 Å². The molecule has 0 N–H and O–H groups in total. The van der Waals surface area contributed by atoms with E-state index in [1.807, 2.05) is 44.2 Å². The summed E-state index contributed by atoms with van der Waals surface area (Å²) in [6.07, 6.45) is 0.994. The summed E-state index contributed by atoms with van der Waals surface area (Å²) in [5, 5.41) is -0.752. The maximum absolute atomic E-state index is 12.9. The molecule has 0 fully saturated rings. The Morgan fingerprint density at radius 3 is 2.19 bits per heavy atom. The molecule has 0 aliphatic carbocycles. The summed E-state index contributed by atoms with van der Waals surface area (Å²) in [7, 11) is -3.57. The molecule has 0 spiro atoms. The molecule has 5 nitrogen and oxygen atoms in total. The Balaban J connectivity index is 2.15. The molecule has 0 saturated heterocycles. The fraction of sp³-hybridized carbons (Fsp3) is 0.350. The van der Waals surface area contributed by atoms with Gasteiger partial charge >= 0.3 is 10.1 Å². The lowest BCUT2D eigenvalue weighted by Gasteiger charge is -2.27. The van der Waals surface area contributed by atoms with Crippen molar-refractivity contribution in [2.24, 2.45) is 5.92 Å². The smallest absolute Gasteiger partial charge is 0.306 e. The van der Waals surface area contributed by atoms with E-state index in [2.05, 4.69) is 0 Å². The highest BCUT2D eigenvalue weighted by Crippen LogP contribution is 2.25. The number of nitrogens with zero attached hydrogens (tertiary/aromatic N) is 1. The Labute approximate surface area is 166 Å². The van der Waals surface area contributed by atoms with Gasteiger partial charge < -0.3 is 9.08 Å². The zero-order chi connectivity index (χ0) is 20.0. The molecule has 146 valence electrons. The Kier molecular flexibility index (Phi) is 7.27. The van der Waals surface area contributed by atoms with Crippen molar-refractivity contribution in [3.8, 4) is 5.75 Å². The zero-order valence-electron chi connectivity index (χ0n) is 15.6. The van der Waals surface area contributed by atoms with Gasteiger partial charge in [-0.25, -0.2) is 0 Å². The normalized spacial score (nSPS) is 12.6. The molecule has 2 aromatic carbocycles. The lowest BCUT2D eigenvalue weighted by Crippen LogP contribution is -2.36. The zero-order valence-corrected chi connectivity index (χ0v) is 17.2. The molecule has 7 heteroatoms. The van der Waals surface area contributed by atoms with Crippen LogP contribution in [0.2, 0.25) is 0 Å². The van der Waals surface area contributed by atoms with Crippen molar-refractivity contribution in [2.75, 3.05) is 12.8 Å². The van der Waals surface area contributed by atoms with Gasteiger partial charge in [-0.2, -0.15) is 8.42 Å². The molecular weight excluding hydrogens is 386 g/mol. The van der Waals surface area contributed by atoms with Gasteiger partial charge in [0, 0.05) is 13.1 Å². The van der Waals surface area contributed by atoms with Gasteiger partial charge in [-0.15, -0.1) is 11.6 Å². The first kappa shape index (κ1) is 21.3. The maximum atomic E-state index is 12.9. The number of alkyl halides is 1. The van der Waals surface area contributed by atoms with Gasteiger partial charge in [-0.3, -0.25) is 4.79 Å². The maximum Gasteiger partial charge on any atom is 0.306 e. The van der Waals surface area contributed by atoms with E-state index < -0.39 is 15.5 Å². The van der Waals surface area contributed by atoms with Crippen molar-refractivity contribution in [1.29, 1.82) is 0 Å². The topological polar surface area (TPSA) is 63.7 Å². The molecule has 0 aromatic heterocycles. The lowest BCUT2D eigenvalue weighted by atomic mass is 10.1. The predicted molar refractivity (Wildman–Crippen MR) is 107 cm³/mol. The third-order valence-corrected chi connectivity index (χ3v) is 4.68. The molecule has 2 rings (SSSR count). The van der Waals surface area contributed by atoms with Crippen LogP contribution in [0.5, 0.6) is 5.75 Å². The highest BCUT2D eigenvalue weighted by molar-refractivity contribution is 7.86. The SMILES string of the molecule is CC(C)CN(Cc1ccc(OS(C)(=O)=O)cc1)C(=O)C(Cl)c1ccccc1. The number of rotatable bonds is 8. The van der Waals surface area contributed by atoms with E-state index in [0.717, 1.165) is 17.4 Å². The minimum absolute atomic E-state index is 0.159. The summed E-state index contributed by atoms with van der Waals surface area (Å²) in [6.45, 7) is 5.02. The van der Waals surface area contributed by atoms with Crippen LogP contribution in [0, 0.1) is 5.92 Å². The molecule has 2 aromatic rings. The van der Waals surface area contributed by atoms with Gasteiger partial charge in [0.15, 0.2) is 0 Å². The average Bonchev–Trinajstić information content (AvgIpc) is 2.60. The van der Waals surface area contributed by atoms with Gasteiger partial charge in [0.1, 0.15) is 11.1 Å². The van der Waals surface area contributed by atoms with E-state index >= 15 is 0 Å². The van der Waals surface area contributed by atoms with Crippen molar-refractivity contribution in [3.63, 3.8) is 0 Å². The predicted octanol–water partition coefficient (Wildman–Crippen LogP) is 3.99. The molecule has 1 amide bonds. The molecule has 0 aliphatic rings. The largest absolute Gasteiger partial charge is 0.383 e. The first-order valence-electron chi connectivity index (χ1n) is 8.62. The van der Waals surface area contributed by atoms with Crippen LogP contribution in [0.3, 0.4) is 0 Å². The summed E-state index contributed by atoms with van der Waals surface area (Å²) >= 11 is 6.42. The highest BCUT2D eigenvalue weighted by Gasteiger charge is 2.24. The Bertz CT molecular complexity index is 851. The summed E-state index contributed by atoms with van der Waals surface area (Å²) < 4.78 is 27.2. The third kappa shape index (κ3) is 6.88. The number of halogens is 1. The second-order valence-electron chi connectivity index (χ2n) is 6.82. The fourth-order valence-corrected chi connectivity index (χ4v) is 3.39. The van der Waals surface area contributed by atoms with Crippen molar-refractivity contribution in [3.05, 3.63) is 65.7 Å². The van der Waals surface area contributed by atoms with E-state index in [-0.39, 0.29) is 17.6 Å². The molecular formula is C20H24ClNO4S. The second kappa shape index (κ2) is 9.24. The quantitative estimate of drug-likeness (QED) is 0.488. The standard InChI is InChI=1S/C20H24ClNO4S/c1-15(2)13-22(20(23)19(21)17-7-5-4-6-8-17)14-16-9-11-18(12-10-16)26-27(3,24)25/h4-12,15,19H,13-14H2,1-3H3. The molecule has 1 atom stereocenters. The number of amides is 1. The average molecular weight is 410 g/mol. The Hall–Kier alpha value is -2.05.